The number of ether oxygens (including phenoxy) is 1. The van der Waals surface area contributed by atoms with Gasteiger partial charge < -0.3 is 10.5 Å². The van der Waals surface area contributed by atoms with Gasteiger partial charge in [-0.25, -0.2) is 4.79 Å². The lowest BCUT2D eigenvalue weighted by molar-refractivity contribution is -0.156. The van der Waals surface area contributed by atoms with E-state index in [1.807, 2.05) is 0 Å². The van der Waals surface area contributed by atoms with Crippen LogP contribution in [0.5, 0.6) is 0 Å². The van der Waals surface area contributed by atoms with Crippen molar-refractivity contribution in [2.45, 2.75) is 25.7 Å². The molecule has 13 heavy (non-hydrogen) atoms. The van der Waals surface area contributed by atoms with Gasteiger partial charge in [0.05, 0.1) is 0 Å². The molecule has 2 N–H and O–H groups in total. The van der Waals surface area contributed by atoms with Crippen molar-refractivity contribution in [3.05, 3.63) is 12.7 Å². The lowest BCUT2D eigenvalue weighted by Crippen LogP contribution is -2.09. The van der Waals surface area contributed by atoms with Crippen molar-refractivity contribution >= 4 is 11.9 Å². The van der Waals surface area contributed by atoms with E-state index in [9.17, 15) is 9.59 Å². The highest BCUT2D eigenvalue weighted by Gasteiger charge is 2.05. The summed E-state index contributed by atoms with van der Waals surface area (Å²) in [6, 6.07) is 0. The summed E-state index contributed by atoms with van der Waals surface area (Å²) in [5.74, 6) is -1.19. The van der Waals surface area contributed by atoms with Crippen LogP contribution in [0.4, 0.5) is 0 Å². The van der Waals surface area contributed by atoms with E-state index in [0.29, 0.717) is 13.0 Å². The molecule has 0 aliphatic heterocycles. The van der Waals surface area contributed by atoms with Gasteiger partial charge in [-0.2, -0.15) is 0 Å². The third kappa shape index (κ3) is 7.21. The van der Waals surface area contributed by atoms with E-state index in [2.05, 4.69) is 11.3 Å². The molecule has 0 aromatic carbocycles. The molecule has 4 nitrogen and oxygen atoms in total. The minimum atomic E-state index is -0.691. The summed E-state index contributed by atoms with van der Waals surface area (Å²) in [5.41, 5.74) is 5.26. The van der Waals surface area contributed by atoms with Gasteiger partial charge in [0.15, 0.2) is 0 Å². The third-order valence-electron chi connectivity index (χ3n) is 1.47. The zero-order chi connectivity index (χ0) is 10.1. The molecule has 0 rings (SSSR count). The molecule has 0 aromatic heterocycles. The molecule has 0 heterocycles. The first-order valence-electron chi connectivity index (χ1n) is 4.28. The Morgan fingerprint density at radius 2 is 2.00 bits per heavy atom. The van der Waals surface area contributed by atoms with Gasteiger partial charge in [0.1, 0.15) is 0 Å². The van der Waals surface area contributed by atoms with E-state index in [1.54, 1.807) is 0 Å². The second-order valence-corrected chi connectivity index (χ2v) is 2.60. The van der Waals surface area contributed by atoms with E-state index in [1.165, 1.54) is 0 Å². The summed E-state index contributed by atoms with van der Waals surface area (Å²) < 4.78 is 4.35. The predicted octanol–water partition coefficient (Wildman–Crippen LogP) is 0.761. The number of carbonyl (C=O) groups is 2. The lowest BCUT2D eigenvalue weighted by Gasteiger charge is -1.99. The van der Waals surface area contributed by atoms with Gasteiger partial charge in [-0.05, 0) is 19.4 Å². The first-order valence-corrected chi connectivity index (χ1v) is 4.28. The van der Waals surface area contributed by atoms with Crippen molar-refractivity contribution in [3.63, 3.8) is 0 Å². The maximum Gasteiger partial charge on any atom is 0.337 e. The molecule has 4 heteroatoms. The lowest BCUT2D eigenvalue weighted by atomic mass is 10.2. The molecule has 0 fully saturated rings. The standard InChI is InChI=1S/C9H15NO3/c1-2-8(11)13-9(12)6-4-3-5-7-10/h2H,1,3-7,10H2. The maximum absolute atomic E-state index is 10.9. The largest absolute Gasteiger partial charge is 0.390 e. The van der Waals surface area contributed by atoms with E-state index in [0.717, 1.165) is 18.9 Å². The van der Waals surface area contributed by atoms with Crippen LogP contribution >= 0.6 is 0 Å². The Hall–Kier alpha value is -1.16. The van der Waals surface area contributed by atoms with Gasteiger partial charge in [0, 0.05) is 12.5 Å². The third-order valence-corrected chi connectivity index (χ3v) is 1.47. The molecule has 0 spiro atoms. The quantitative estimate of drug-likeness (QED) is 0.287. The van der Waals surface area contributed by atoms with Crippen LogP contribution in [-0.2, 0) is 14.3 Å². The summed E-state index contributed by atoms with van der Waals surface area (Å²) in [6.45, 7) is 3.81. The van der Waals surface area contributed by atoms with Crippen LogP contribution in [-0.4, -0.2) is 18.5 Å². The molecule has 0 bridgehead atoms. The van der Waals surface area contributed by atoms with Crippen molar-refractivity contribution in [1.29, 1.82) is 0 Å². The molecule has 0 saturated heterocycles. The maximum atomic E-state index is 10.9. The smallest absolute Gasteiger partial charge is 0.337 e. The Morgan fingerprint density at radius 1 is 1.31 bits per heavy atom. The fourth-order valence-electron chi connectivity index (χ4n) is 0.795. The van der Waals surface area contributed by atoms with Crippen molar-refractivity contribution in [2.24, 2.45) is 5.73 Å². The molecule has 0 aliphatic rings. The molecule has 0 atom stereocenters. The van der Waals surface area contributed by atoms with Gasteiger partial charge in [-0.3, -0.25) is 4.79 Å². The molecule has 0 unspecified atom stereocenters. The van der Waals surface area contributed by atoms with Crippen LogP contribution < -0.4 is 5.73 Å². The number of nitrogens with two attached hydrogens (primary N) is 1. The zero-order valence-electron chi connectivity index (χ0n) is 7.62. The van der Waals surface area contributed by atoms with Gasteiger partial charge >= 0.3 is 11.9 Å². The Labute approximate surface area is 77.7 Å². The minimum absolute atomic E-state index is 0.263. The van der Waals surface area contributed by atoms with Crippen molar-refractivity contribution in [1.82, 2.24) is 0 Å². The summed E-state index contributed by atoms with van der Waals surface area (Å²) in [7, 11) is 0. The number of carbonyl (C=O) groups excluding carboxylic acids is 2. The van der Waals surface area contributed by atoms with Crippen LogP contribution in [0.25, 0.3) is 0 Å². The fourth-order valence-corrected chi connectivity index (χ4v) is 0.795. The minimum Gasteiger partial charge on any atom is -0.390 e. The molecule has 0 aromatic rings. The second-order valence-electron chi connectivity index (χ2n) is 2.60. The monoisotopic (exact) mass is 185 g/mol. The summed E-state index contributed by atoms with van der Waals surface area (Å²) in [4.78, 5) is 21.4. The highest BCUT2D eigenvalue weighted by Crippen LogP contribution is 2.00. The SMILES string of the molecule is C=CC(=O)OC(=O)CCCCCN. The van der Waals surface area contributed by atoms with Crippen LogP contribution in [0, 0.1) is 0 Å². The van der Waals surface area contributed by atoms with Crippen LogP contribution in [0.15, 0.2) is 12.7 Å². The topological polar surface area (TPSA) is 69.4 Å². The highest BCUT2D eigenvalue weighted by molar-refractivity contribution is 5.91. The summed E-state index contributed by atoms with van der Waals surface area (Å²) in [5, 5.41) is 0. The molecule has 0 aliphatic carbocycles. The van der Waals surface area contributed by atoms with Crippen LogP contribution in [0.3, 0.4) is 0 Å². The molecule has 0 saturated carbocycles. The van der Waals surface area contributed by atoms with Gasteiger partial charge in [-0.15, -0.1) is 0 Å². The number of esters is 2. The van der Waals surface area contributed by atoms with Gasteiger partial charge in [0.2, 0.25) is 0 Å². The van der Waals surface area contributed by atoms with Crippen molar-refractivity contribution < 1.29 is 14.3 Å². The Balaban J connectivity index is 3.40. The number of hydrogen-bond donors (Lipinski definition) is 1. The van der Waals surface area contributed by atoms with Crippen LogP contribution in [0.2, 0.25) is 0 Å². The molecule has 0 amide bonds. The second kappa shape index (κ2) is 7.49. The van der Waals surface area contributed by atoms with E-state index in [4.69, 9.17) is 5.73 Å². The normalized spacial score (nSPS) is 9.31. The number of unbranched alkanes of at least 4 members (excludes halogenated alkanes) is 2. The average molecular weight is 185 g/mol. The predicted molar refractivity (Wildman–Crippen MR) is 48.8 cm³/mol. The Kier molecular flexibility index (Phi) is 6.82. The number of rotatable bonds is 6. The molecular weight excluding hydrogens is 170 g/mol. The first kappa shape index (κ1) is 11.8. The summed E-state index contributed by atoms with van der Waals surface area (Å²) >= 11 is 0. The Bertz CT molecular complexity index is 189. The molecule has 0 radical (unpaired) electrons. The average Bonchev–Trinajstić information content (AvgIpc) is 2.12. The number of hydrogen-bond acceptors (Lipinski definition) is 4. The van der Waals surface area contributed by atoms with E-state index in [-0.39, 0.29) is 6.42 Å². The molecule has 74 valence electrons. The van der Waals surface area contributed by atoms with Crippen molar-refractivity contribution in [3.8, 4) is 0 Å². The highest BCUT2D eigenvalue weighted by atomic mass is 16.6. The first-order chi connectivity index (χ1) is 6.20. The Morgan fingerprint density at radius 3 is 2.54 bits per heavy atom. The van der Waals surface area contributed by atoms with Gasteiger partial charge in [0.25, 0.3) is 0 Å². The molecular formula is C9H15NO3. The van der Waals surface area contributed by atoms with Crippen molar-refractivity contribution in [2.75, 3.05) is 6.54 Å². The van der Waals surface area contributed by atoms with Gasteiger partial charge in [-0.1, -0.05) is 13.0 Å². The zero-order valence-corrected chi connectivity index (χ0v) is 7.62. The fraction of sp³-hybridized carbons (Fsp3) is 0.556. The van der Waals surface area contributed by atoms with E-state index >= 15 is 0 Å². The summed E-state index contributed by atoms with van der Waals surface area (Å²) in [6.07, 6.45) is 3.72. The van der Waals surface area contributed by atoms with E-state index < -0.39 is 11.9 Å². The van der Waals surface area contributed by atoms with Crippen LogP contribution in [0.1, 0.15) is 25.7 Å².